The topological polar surface area (TPSA) is 48.1 Å². The van der Waals surface area contributed by atoms with E-state index in [0.29, 0.717) is 12.5 Å². The van der Waals surface area contributed by atoms with Crippen molar-refractivity contribution in [2.24, 2.45) is 0 Å². The molecule has 1 aromatic rings. The molecule has 1 saturated carbocycles. The zero-order valence-corrected chi connectivity index (χ0v) is 9.28. The van der Waals surface area contributed by atoms with Crippen LogP contribution in [0.15, 0.2) is 18.2 Å². The smallest absolute Gasteiger partial charge is 0.0684 e. The van der Waals surface area contributed by atoms with Crippen LogP contribution in [0.5, 0.6) is 0 Å². The van der Waals surface area contributed by atoms with Gasteiger partial charge in [0.05, 0.1) is 18.9 Å². The third kappa shape index (κ3) is 1.95. The van der Waals surface area contributed by atoms with Crippen molar-refractivity contribution in [1.82, 2.24) is 4.98 Å². The highest BCUT2D eigenvalue weighted by atomic mass is 16.5. The van der Waals surface area contributed by atoms with Crippen LogP contribution in [0.3, 0.4) is 0 Å². The van der Waals surface area contributed by atoms with Crippen molar-refractivity contribution in [3.05, 3.63) is 29.6 Å². The summed E-state index contributed by atoms with van der Waals surface area (Å²) in [6.07, 6.45) is 5.58. The zero-order chi connectivity index (χ0) is 11.0. The van der Waals surface area contributed by atoms with E-state index in [9.17, 15) is 0 Å². The Kier molecular flexibility index (Phi) is 2.40. The average molecular weight is 216 g/mol. The highest BCUT2D eigenvalue weighted by molar-refractivity contribution is 5.66. The van der Waals surface area contributed by atoms with E-state index < -0.39 is 0 Å². The van der Waals surface area contributed by atoms with Crippen molar-refractivity contribution in [2.45, 2.75) is 25.2 Å². The van der Waals surface area contributed by atoms with Gasteiger partial charge in [-0.2, -0.15) is 0 Å². The summed E-state index contributed by atoms with van der Waals surface area (Å²) in [6.45, 7) is 1.49. The number of hydrogen-bond donors (Lipinski definition) is 1. The number of nitrogens with two attached hydrogens (primary N) is 1. The van der Waals surface area contributed by atoms with Crippen molar-refractivity contribution in [3.63, 3.8) is 0 Å². The van der Waals surface area contributed by atoms with E-state index in [1.807, 2.05) is 12.1 Å². The van der Waals surface area contributed by atoms with Gasteiger partial charge >= 0.3 is 0 Å². The minimum absolute atomic E-state index is 0.655. The molecule has 3 nitrogen and oxygen atoms in total. The predicted octanol–water partition coefficient (Wildman–Crippen LogP) is 2.34. The summed E-state index contributed by atoms with van der Waals surface area (Å²) in [5.74, 6) is 0.655. The van der Waals surface area contributed by atoms with Crippen LogP contribution in [0.2, 0.25) is 0 Å². The molecule has 1 aliphatic heterocycles. The molecule has 0 unspecified atom stereocenters. The molecule has 0 radical (unpaired) electrons. The molecule has 0 spiro atoms. The fourth-order valence-corrected chi connectivity index (χ4v) is 2.09. The molecule has 2 N–H and O–H groups in total. The molecule has 16 heavy (non-hydrogen) atoms. The molecule has 1 fully saturated rings. The quantitative estimate of drug-likeness (QED) is 0.825. The summed E-state index contributed by atoms with van der Waals surface area (Å²) in [7, 11) is 0. The third-order valence-corrected chi connectivity index (χ3v) is 3.16. The number of pyridine rings is 1. The fraction of sp³-hybridized carbons (Fsp3) is 0.462. The minimum Gasteiger partial charge on any atom is -0.399 e. The molecule has 2 aliphatic rings. The number of anilines is 1. The lowest BCUT2D eigenvalue weighted by atomic mass is 10.1. The molecule has 0 amide bonds. The summed E-state index contributed by atoms with van der Waals surface area (Å²) in [4.78, 5) is 4.72. The zero-order valence-electron chi connectivity index (χ0n) is 9.28. The summed E-state index contributed by atoms with van der Waals surface area (Å²) in [6, 6.07) is 3.99. The molecule has 0 atom stereocenters. The molecule has 1 aromatic heterocycles. The predicted molar refractivity (Wildman–Crippen MR) is 64.0 cm³/mol. The van der Waals surface area contributed by atoms with Gasteiger partial charge in [0.15, 0.2) is 0 Å². The molecule has 3 rings (SSSR count). The molecule has 0 bridgehead atoms. The van der Waals surface area contributed by atoms with Crippen LogP contribution in [-0.2, 0) is 4.74 Å². The summed E-state index contributed by atoms with van der Waals surface area (Å²) in [5, 5.41) is 0. The Morgan fingerprint density at radius 3 is 2.88 bits per heavy atom. The second-order valence-corrected chi connectivity index (χ2v) is 4.54. The van der Waals surface area contributed by atoms with Gasteiger partial charge in [0.1, 0.15) is 0 Å². The Hall–Kier alpha value is -1.35. The summed E-state index contributed by atoms with van der Waals surface area (Å²) in [5.41, 5.74) is 10.3. The fourth-order valence-electron chi connectivity index (χ4n) is 2.09. The maximum absolute atomic E-state index is 5.93. The lowest BCUT2D eigenvalue weighted by Crippen LogP contribution is -2.06. The lowest BCUT2D eigenvalue weighted by molar-refractivity contribution is 0.161. The number of hydrogen-bond acceptors (Lipinski definition) is 3. The van der Waals surface area contributed by atoms with Crippen molar-refractivity contribution >= 4 is 11.3 Å². The van der Waals surface area contributed by atoms with E-state index in [2.05, 4.69) is 6.08 Å². The molecule has 0 saturated heterocycles. The molecule has 3 heteroatoms. The number of rotatable bonds is 2. The van der Waals surface area contributed by atoms with Gasteiger partial charge in [0.2, 0.25) is 0 Å². The average Bonchev–Trinajstić information content (AvgIpc) is 3.13. The van der Waals surface area contributed by atoms with Crippen molar-refractivity contribution in [1.29, 1.82) is 0 Å². The van der Waals surface area contributed by atoms with Crippen LogP contribution in [0.25, 0.3) is 5.57 Å². The Bertz CT molecular complexity index is 436. The molecule has 2 heterocycles. The SMILES string of the molecule is Nc1cc(C2=CCOCC2)nc(C2CC2)c1. The van der Waals surface area contributed by atoms with Gasteiger partial charge in [0, 0.05) is 17.3 Å². The molecular weight excluding hydrogens is 200 g/mol. The van der Waals surface area contributed by atoms with Crippen molar-refractivity contribution in [3.8, 4) is 0 Å². The third-order valence-electron chi connectivity index (χ3n) is 3.16. The van der Waals surface area contributed by atoms with Gasteiger partial charge in [-0.15, -0.1) is 0 Å². The minimum atomic E-state index is 0.655. The van der Waals surface area contributed by atoms with E-state index in [4.69, 9.17) is 15.5 Å². The summed E-state index contributed by atoms with van der Waals surface area (Å²) < 4.78 is 5.31. The monoisotopic (exact) mass is 216 g/mol. The number of nitrogens with zero attached hydrogens (tertiary/aromatic N) is 1. The van der Waals surface area contributed by atoms with Crippen LogP contribution in [0.4, 0.5) is 5.69 Å². The van der Waals surface area contributed by atoms with Crippen LogP contribution in [-0.4, -0.2) is 18.2 Å². The second kappa shape index (κ2) is 3.91. The lowest BCUT2D eigenvalue weighted by Gasteiger charge is -2.14. The van der Waals surface area contributed by atoms with Gasteiger partial charge in [-0.1, -0.05) is 6.08 Å². The highest BCUT2D eigenvalue weighted by Crippen LogP contribution is 2.40. The Balaban J connectivity index is 1.96. The first-order chi connectivity index (χ1) is 7.83. The van der Waals surface area contributed by atoms with Crippen LogP contribution < -0.4 is 5.73 Å². The number of nitrogen functional groups attached to an aromatic ring is 1. The maximum atomic E-state index is 5.93. The molecule has 1 aliphatic carbocycles. The maximum Gasteiger partial charge on any atom is 0.0684 e. The normalized spacial score (nSPS) is 20.6. The first-order valence-corrected chi connectivity index (χ1v) is 5.87. The van der Waals surface area contributed by atoms with Crippen LogP contribution in [0.1, 0.15) is 36.6 Å². The number of aromatic nitrogens is 1. The van der Waals surface area contributed by atoms with Gasteiger partial charge in [-0.3, -0.25) is 4.98 Å². The highest BCUT2D eigenvalue weighted by Gasteiger charge is 2.25. The summed E-state index contributed by atoms with van der Waals surface area (Å²) >= 11 is 0. The second-order valence-electron chi connectivity index (χ2n) is 4.54. The Morgan fingerprint density at radius 2 is 2.19 bits per heavy atom. The van der Waals surface area contributed by atoms with E-state index in [-0.39, 0.29) is 0 Å². The van der Waals surface area contributed by atoms with E-state index in [1.165, 1.54) is 24.1 Å². The van der Waals surface area contributed by atoms with Crippen LogP contribution in [0, 0.1) is 0 Å². The van der Waals surface area contributed by atoms with Crippen LogP contribution >= 0.6 is 0 Å². The Labute approximate surface area is 95.3 Å². The standard InChI is InChI=1S/C13H16N2O/c14-11-7-12(9-1-2-9)15-13(8-11)10-3-5-16-6-4-10/h3,7-9H,1-2,4-6H2,(H2,14,15). The van der Waals surface area contributed by atoms with Gasteiger partial charge in [-0.25, -0.2) is 0 Å². The van der Waals surface area contributed by atoms with Gasteiger partial charge < -0.3 is 10.5 Å². The first-order valence-electron chi connectivity index (χ1n) is 5.87. The molecule has 84 valence electrons. The van der Waals surface area contributed by atoms with E-state index in [0.717, 1.165) is 24.4 Å². The number of ether oxygens (including phenoxy) is 1. The first kappa shape index (κ1) is 9.85. The largest absolute Gasteiger partial charge is 0.399 e. The molecule has 0 aromatic carbocycles. The molecular formula is C13H16N2O. The van der Waals surface area contributed by atoms with Gasteiger partial charge in [0.25, 0.3) is 0 Å². The van der Waals surface area contributed by atoms with Crippen molar-refractivity contribution < 1.29 is 4.74 Å². The van der Waals surface area contributed by atoms with Crippen molar-refractivity contribution in [2.75, 3.05) is 18.9 Å². The van der Waals surface area contributed by atoms with E-state index >= 15 is 0 Å². The van der Waals surface area contributed by atoms with Gasteiger partial charge in [-0.05, 0) is 37.0 Å². The van der Waals surface area contributed by atoms with E-state index in [1.54, 1.807) is 0 Å². The Morgan fingerprint density at radius 1 is 1.31 bits per heavy atom.